The monoisotopic (exact) mass is 295 g/mol. The van der Waals surface area contributed by atoms with E-state index in [4.69, 9.17) is 19.7 Å². The van der Waals surface area contributed by atoms with Crippen LogP contribution in [-0.4, -0.2) is 16.9 Å². The SMILES string of the molecule is Cl.NC1(c2noc(-c3cccc4c3OCO4)n2)CCC1. The second-order valence-corrected chi connectivity index (χ2v) is 4.97. The summed E-state index contributed by atoms with van der Waals surface area (Å²) in [7, 11) is 0. The third-order valence-electron chi connectivity index (χ3n) is 3.74. The zero-order chi connectivity index (χ0) is 12.9. The van der Waals surface area contributed by atoms with Gasteiger partial charge in [-0.2, -0.15) is 4.98 Å². The molecule has 0 atom stereocenters. The summed E-state index contributed by atoms with van der Waals surface area (Å²) in [5.74, 6) is 2.35. The van der Waals surface area contributed by atoms with E-state index in [-0.39, 0.29) is 19.2 Å². The van der Waals surface area contributed by atoms with Crippen LogP contribution in [0, 0.1) is 0 Å². The van der Waals surface area contributed by atoms with E-state index in [1.165, 1.54) is 0 Å². The first-order chi connectivity index (χ1) is 9.26. The van der Waals surface area contributed by atoms with E-state index >= 15 is 0 Å². The van der Waals surface area contributed by atoms with Gasteiger partial charge in [0.1, 0.15) is 0 Å². The van der Waals surface area contributed by atoms with Crippen LogP contribution in [0.1, 0.15) is 25.1 Å². The van der Waals surface area contributed by atoms with Crippen molar-refractivity contribution in [3.8, 4) is 23.0 Å². The minimum absolute atomic E-state index is 0. The lowest BCUT2D eigenvalue weighted by Crippen LogP contribution is -2.44. The van der Waals surface area contributed by atoms with Gasteiger partial charge in [0.25, 0.3) is 5.89 Å². The molecule has 1 fully saturated rings. The van der Waals surface area contributed by atoms with Crippen LogP contribution in [0.3, 0.4) is 0 Å². The van der Waals surface area contributed by atoms with E-state index in [0.717, 1.165) is 24.8 Å². The van der Waals surface area contributed by atoms with Crippen molar-refractivity contribution in [2.75, 3.05) is 6.79 Å². The Morgan fingerprint density at radius 3 is 2.80 bits per heavy atom. The Morgan fingerprint density at radius 1 is 1.20 bits per heavy atom. The van der Waals surface area contributed by atoms with Crippen molar-refractivity contribution in [1.29, 1.82) is 0 Å². The summed E-state index contributed by atoms with van der Waals surface area (Å²) in [5, 5.41) is 4.00. The molecule has 0 unspecified atom stereocenters. The smallest absolute Gasteiger partial charge is 0.261 e. The quantitative estimate of drug-likeness (QED) is 0.914. The third-order valence-corrected chi connectivity index (χ3v) is 3.74. The molecule has 1 saturated carbocycles. The minimum Gasteiger partial charge on any atom is -0.454 e. The number of nitrogens with zero attached hydrogens (tertiary/aromatic N) is 2. The number of ether oxygens (including phenoxy) is 2. The second-order valence-electron chi connectivity index (χ2n) is 4.97. The van der Waals surface area contributed by atoms with Crippen molar-refractivity contribution >= 4 is 12.4 Å². The molecule has 1 aliphatic heterocycles. The maximum atomic E-state index is 6.19. The number of aromatic nitrogens is 2. The molecule has 1 aliphatic carbocycles. The summed E-state index contributed by atoms with van der Waals surface area (Å²) in [4.78, 5) is 4.41. The van der Waals surface area contributed by atoms with E-state index in [1.54, 1.807) is 0 Å². The standard InChI is InChI=1S/C13H13N3O3.ClH/c14-13(5-2-6-13)12-15-11(19-16-12)8-3-1-4-9-10(8)18-7-17-9;/h1,3-4H,2,5-7,14H2;1H. The Bertz CT molecular complexity index is 640. The van der Waals surface area contributed by atoms with Crippen LogP contribution in [0.25, 0.3) is 11.5 Å². The van der Waals surface area contributed by atoms with Gasteiger partial charge in [0.05, 0.1) is 11.1 Å². The van der Waals surface area contributed by atoms with Crippen LogP contribution < -0.4 is 15.2 Å². The molecule has 0 saturated heterocycles. The fourth-order valence-corrected chi connectivity index (χ4v) is 2.42. The molecule has 0 amide bonds. The zero-order valence-corrected chi connectivity index (χ0v) is 11.5. The van der Waals surface area contributed by atoms with Crippen LogP contribution >= 0.6 is 12.4 Å². The average molecular weight is 296 g/mol. The molecule has 6 nitrogen and oxygen atoms in total. The second kappa shape index (κ2) is 4.64. The molecule has 0 bridgehead atoms. The van der Waals surface area contributed by atoms with Crippen LogP contribution in [0.15, 0.2) is 22.7 Å². The van der Waals surface area contributed by atoms with Crippen molar-refractivity contribution in [3.63, 3.8) is 0 Å². The zero-order valence-electron chi connectivity index (χ0n) is 10.7. The lowest BCUT2D eigenvalue weighted by molar-refractivity contribution is 0.174. The van der Waals surface area contributed by atoms with Gasteiger partial charge in [-0.05, 0) is 31.4 Å². The summed E-state index contributed by atoms with van der Waals surface area (Å²) in [6, 6.07) is 5.59. The topological polar surface area (TPSA) is 83.4 Å². The third kappa shape index (κ3) is 1.83. The highest BCUT2D eigenvalue weighted by Gasteiger charge is 2.39. The molecule has 20 heavy (non-hydrogen) atoms. The highest BCUT2D eigenvalue weighted by Crippen LogP contribution is 2.42. The molecule has 2 N–H and O–H groups in total. The molecule has 0 radical (unpaired) electrons. The van der Waals surface area contributed by atoms with E-state index in [0.29, 0.717) is 23.2 Å². The van der Waals surface area contributed by atoms with Gasteiger partial charge in [-0.1, -0.05) is 11.2 Å². The largest absolute Gasteiger partial charge is 0.454 e. The van der Waals surface area contributed by atoms with Gasteiger partial charge in [0.15, 0.2) is 17.3 Å². The highest BCUT2D eigenvalue weighted by molar-refractivity contribution is 5.85. The number of fused-ring (bicyclic) bond motifs is 1. The molecule has 1 aromatic heterocycles. The number of hydrogen-bond acceptors (Lipinski definition) is 6. The van der Waals surface area contributed by atoms with Gasteiger partial charge in [-0.25, -0.2) is 0 Å². The van der Waals surface area contributed by atoms with Gasteiger partial charge in [-0.3, -0.25) is 0 Å². The van der Waals surface area contributed by atoms with Gasteiger partial charge in [-0.15, -0.1) is 12.4 Å². The summed E-state index contributed by atoms with van der Waals surface area (Å²) in [5.41, 5.74) is 6.51. The lowest BCUT2D eigenvalue weighted by Gasteiger charge is -2.34. The molecular formula is C13H14ClN3O3. The molecule has 0 spiro atoms. The lowest BCUT2D eigenvalue weighted by atomic mass is 9.77. The summed E-state index contributed by atoms with van der Waals surface area (Å²) < 4.78 is 16.1. The maximum Gasteiger partial charge on any atom is 0.261 e. The molecular weight excluding hydrogens is 282 g/mol. The first-order valence-electron chi connectivity index (χ1n) is 6.28. The van der Waals surface area contributed by atoms with Crippen LogP contribution in [-0.2, 0) is 5.54 Å². The van der Waals surface area contributed by atoms with Gasteiger partial charge in [0.2, 0.25) is 6.79 Å². The first-order valence-corrected chi connectivity index (χ1v) is 6.28. The van der Waals surface area contributed by atoms with E-state index < -0.39 is 5.54 Å². The Kier molecular flexibility index (Phi) is 3.07. The van der Waals surface area contributed by atoms with Crippen LogP contribution in [0.2, 0.25) is 0 Å². The molecule has 2 aromatic rings. The fourth-order valence-electron chi connectivity index (χ4n) is 2.42. The number of benzene rings is 1. The van der Waals surface area contributed by atoms with Crippen LogP contribution in [0.5, 0.6) is 11.5 Å². The van der Waals surface area contributed by atoms with Crippen molar-refractivity contribution in [2.24, 2.45) is 5.73 Å². The minimum atomic E-state index is -0.420. The van der Waals surface area contributed by atoms with Crippen molar-refractivity contribution in [3.05, 3.63) is 24.0 Å². The number of halogens is 1. The summed E-state index contributed by atoms with van der Waals surface area (Å²) >= 11 is 0. The number of nitrogens with two attached hydrogens (primary N) is 1. The van der Waals surface area contributed by atoms with Gasteiger partial charge < -0.3 is 19.7 Å². The molecule has 7 heteroatoms. The number of para-hydroxylation sites is 1. The fraction of sp³-hybridized carbons (Fsp3) is 0.385. The van der Waals surface area contributed by atoms with Gasteiger partial charge >= 0.3 is 0 Å². The molecule has 106 valence electrons. The maximum absolute atomic E-state index is 6.19. The van der Waals surface area contributed by atoms with Crippen molar-refractivity contribution in [1.82, 2.24) is 10.1 Å². The van der Waals surface area contributed by atoms with E-state index in [1.807, 2.05) is 18.2 Å². The Labute approximate surface area is 121 Å². The predicted molar refractivity (Wildman–Crippen MR) is 72.8 cm³/mol. The molecule has 1 aromatic carbocycles. The number of hydrogen-bond donors (Lipinski definition) is 1. The summed E-state index contributed by atoms with van der Waals surface area (Å²) in [6.45, 7) is 0.216. The van der Waals surface area contributed by atoms with E-state index in [9.17, 15) is 0 Å². The van der Waals surface area contributed by atoms with Crippen molar-refractivity contribution in [2.45, 2.75) is 24.8 Å². The average Bonchev–Trinajstić information content (AvgIpc) is 3.04. The Morgan fingerprint density at radius 2 is 2.05 bits per heavy atom. The van der Waals surface area contributed by atoms with Gasteiger partial charge in [0, 0.05) is 0 Å². The van der Waals surface area contributed by atoms with Crippen molar-refractivity contribution < 1.29 is 14.0 Å². The molecule has 2 aliphatic rings. The molecule has 2 heterocycles. The first kappa shape index (κ1) is 13.2. The van der Waals surface area contributed by atoms with Crippen LogP contribution in [0.4, 0.5) is 0 Å². The molecule has 4 rings (SSSR count). The Balaban J connectivity index is 0.00000121. The summed E-state index contributed by atoms with van der Waals surface area (Å²) in [6.07, 6.45) is 2.91. The predicted octanol–water partition coefficient (Wildman–Crippen LogP) is 2.22. The highest BCUT2D eigenvalue weighted by atomic mass is 35.5. The van der Waals surface area contributed by atoms with E-state index in [2.05, 4.69) is 10.1 Å². The normalized spacial score (nSPS) is 18.2. The number of rotatable bonds is 2. The Hall–Kier alpha value is -1.79.